The van der Waals surface area contributed by atoms with E-state index in [-0.39, 0.29) is 26.4 Å². The van der Waals surface area contributed by atoms with E-state index in [1.54, 1.807) is 0 Å². The van der Waals surface area contributed by atoms with Crippen LogP contribution in [0.25, 0.3) is 0 Å². The lowest BCUT2D eigenvalue weighted by Gasteiger charge is -2.37. The largest absolute Gasteiger partial charge is 0.510 e. The summed E-state index contributed by atoms with van der Waals surface area (Å²) in [5, 5.41) is 20.1. The van der Waals surface area contributed by atoms with Gasteiger partial charge in [-0.2, -0.15) is 0 Å². The predicted molar refractivity (Wildman–Crippen MR) is 133 cm³/mol. The Morgan fingerprint density at radius 2 is 1.55 bits per heavy atom. The second-order valence-corrected chi connectivity index (χ2v) is 9.50. The number of hydrogen-bond donors (Lipinski definition) is 3. The summed E-state index contributed by atoms with van der Waals surface area (Å²) < 4.78 is 76.3. The van der Waals surface area contributed by atoms with Gasteiger partial charge in [0.25, 0.3) is 5.56 Å². The van der Waals surface area contributed by atoms with Crippen LogP contribution in [-0.4, -0.2) is 118 Å². The number of phosphoric acid groups is 1. The summed E-state index contributed by atoms with van der Waals surface area (Å²) >= 11 is 0. The number of carbonyl (C=O) groups excluding carboxylic acids is 2. The molecule has 3 atom stereocenters. The second kappa shape index (κ2) is 19.3. The van der Waals surface area contributed by atoms with Gasteiger partial charge in [-0.15, -0.1) is 0 Å². The SMILES string of the molecule is COCCOC(=O)OCOP(=O)(OCOC(=O)OCCOC)OC[C@@](CF)(O[C@H](CO)n1ccc(=O)[nH]c1=O)[C@H](C)O. The van der Waals surface area contributed by atoms with Gasteiger partial charge in [0, 0.05) is 26.5 Å². The molecule has 1 rings (SSSR count). The van der Waals surface area contributed by atoms with Crippen LogP contribution in [0.4, 0.5) is 14.0 Å². The van der Waals surface area contributed by atoms with Crippen LogP contribution < -0.4 is 11.2 Å². The zero-order valence-corrected chi connectivity index (χ0v) is 23.9. The van der Waals surface area contributed by atoms with Crippen LogP contribution in [0.2, 0.25) is 0 Å². The normalized spacial score (nSPS) is 14.4. The number of H-pyrrole nitrogens is 1. The third kappa shape index (κ3) is 12.9. The van der Waals surface area contributed by atoms with Crippen molar-refractivity contribution in [3.05, 3.63) is 33.1 Å². The predicted octanol–water partition coefficient (Wildman–Crippen LogP) is -0.195. The van der Waals surface area contributed by atoms with Crippen LogP contribution in [0.1, 0.15) is 13.2 Å². The highest BCUT2D eigenvalue weighted by Gasteiger charge is 2.44. The van der Waals surface area contributed by atoms with E-state index in [0.29, 0.717) is 4.57 Å². The van der Waals surface area contributed by atoms with Crippen molar-refractivity contribution in [2.45, 2.75) is 24.9 Å². The molecule has 0 amide bonds. The zero-order chi connectivity index (χ0) is 31.6. The number of nitrogens with zero attached hydrogens (tertiary/aromatic N) is 1. The van der Waals surface area contributed by atoms with E-state index >= 15 is 0 Å². The van der Waals surface area contributed by atoms with Gasteiger partial charge in [-0.3, -0.25) is 18.9 Å². The summed E-state index contributed by atoms with van der Waals surface area (Å²) in [6, 6.07) is 0.917. The van der Waals surface area contributed by atoms with Gasteiger partial charge in [0.2, 0.25) is 13.6 Å². The Labute approximate surface area is 237 Å². The third-order valence-electron chi connectivity index (χ3n) is 4.93. The molecule has 0 saturated carbocycles. The number of aliphatic hydroxyl groups excluding tert-OH is 2. The maximum atomic E-state index is 14.4. The van der Waals surface area contributed by atoms with Gasteiger partial charge >= 0.3 is 25.8 Å². The molecule has 0 aromatic carbocycles. The molecule has 19 nitrogen and oxygen atoms in total. The average Bonchev–Trinajstić information content (AvgIpc) is 2.94. The summed E-state index contributed by atoms with van der Waals surface area (Å²) in [5.41, 5.74) is -4.25. The van der Waals surface area contributed by atoms with E-state index in [4.69, 9.17) is 27.8 Å². The van der Waals surface area contributed by atoms with Gasteiger partial charge in [0.05, 0.1) is 32.5 Å². The first kappa shape index (κ1) is 37.1. The van der Waals surface area contributed by atoms with Crippen molar-refractivity contribution in [1.82, 2.24) is 9.55 Å². The summed E-state index contributed by atoms with van der Waals surface area (Å²) in [7, 11) is -2.22. The number of halogens is 1. The molecule has 0 bridgehead atoms. The van der Waals surface area contributed by atoms with Crippen LogP contribution in [0.5, 0.6) is 0 Å². The van der Waals surface area contributed by atoms with Gasteiger partial charge in [-0.05, 0) is 6.92 Å². The maximum absolute atomic E-state index is 14.4. The van der Waals surface area contributed by atoms with Gasteiger partial charge in [-0.1, -0.05) is 0 Å². The lowest BCUT2D eigenvalue weighted by Crippen LogP contribution is -2.52. The Balaban J connectivity index is 3.06. The second-order valence-electron chi connectivity index (χ2n) is 7.83. The number of phosphoric ester groups is 1. The van der Waals surface area contributed by atoms with Crippen molar-refractivity contribution in [1.29, 1.82) is 0 Å². The van der Waals surface area contributed by atoms with Crippen molar-refractivity contribution in [3.8, 4) is 0 Å². The number of ether oxygens (including phenoxy) is 7. The topological polar surface area (TPSA) is 239 Å². The van der Waals surface area contributed by atoms with Crippen molar-refractivity contribution in [2.24, 2.45) is 0 Å². The van der Waals surface area contributed by atoms with E-state index in [1.165, 1.54) is 14.2 Å². The number of carbonyl (C=O) groups is 2. The standard InChI is InChI=1S/C21H34FN2O17P/c1-15(26)21(11-22,41-17(10-25)24-5-4-16(27)23-18(24)28)12-38-42(31,39-13-36-19(29)34-8-6-32-2)40-14-37-20(30)35-9-7-33-3/h4-5,15,17,25-26H,6-14H2,1-3H3,(H,23,27,28)/t15-,17+,21+/m0/s1. The van der Waals surface area contributed by atoms with Crippen molar-refractivity contribution < 1.29 is 75.5 Å². The lowest BCUT2D eigenvalue weighted by molar-refractivity contribution is -0.208. The lowest BCUT2D eigenvalue weighted by atomic mass is 10.0. The number of alkyl halides is 1. The number of hydrogen-bond acceptors (Lipinski definition) is 17. The Kier molecular flexibility index (Phi) is 17.0. The van der Waals surface area contributed by atoms with Crippen LogP contribution in [0, 0.1) is 0 Å². The first-order valence-electron chi connectivity index (χ1n) is 11.9. The number of nitrogens with one attached hydrogen (secondary N) is 1. The molecule has 0 aliphatic heterocycles. The highest BCUT2D eigenvalue weighted by atomic mass is 31.2. The van der Waals surface area contributed by atoms with Gasteiger partial charge in [-0.25, -0.2) is 32.4 Å². The Morgan fingerprint density at radius 1 is 1.00 bits per heavy atom. The van der Waals surface area contributed by atoms with E-state index in [2.05, 4.69) is 18.9 Å². The molecule has 0 aliphatic rings. The highest BCUT2D eigenvalue weighted by Crippen LogP contribution is 2.50. The maximum Gasteiger partial charge on any atom is 0.510 e. The summed E-state index contributed by atoms with van der Waals surface area (Å²) in [6.07, 6.45) is -5.03. The van der Waals surface area contributed by atoms with Crippen LogP contribution in [-0.2, 0) is 51.3 Å². The first-order chi connectivity index (χ1) is 20.0. The quantitative estimate of drug-likeness (QED) is 0.0685. The van der Waals surface area contributed by atoms with Crippen molar-refractivity contribution >= 4 is 20.1 Å². The molecule has 0 saturated heterocycles. The third-order valence-corrected chi connectivity index (χ3v) is 6.22. The average molecular weight is 636 g/mol. The van der Waals surface area contributed by atoms with Crippen LogP contribution >= 0.6 is 7.82 Å². The van der Waals surface area contributed by atoms with Crippen LogP contribution in [0.3, 0.4) is 0 Å². The van der Waals surface area contributed by atoms with Gasteiger partial charge in [0.15, 0.2) is 6.23 Å². The first-order valence-corrected chi connectivity index (χ1v) is 13.4. The Hall–Kier alpha value is -2.94. The fourth-order valence-electron chi connectivity index (χ4n) is 2.62. The van der Waals surface area contributed by atoms with E-state index in [1.807, 2.05) is 4.98 Å². The summed E-state index contributed by atoms with van der Waals surface area (Å²) in [5.74, 6) is 0. The van der Waals surface area contributed by atoms with E-state index in [0.717, 1.165) is 19.2 Å². The molecular formula is C21H34FN2O17P. The van der Waals surface area contributed by atoms with Crippen molar-refractivity contribution in [2.75, 3.05) is 74.1 Å². The van der Waals surface area contributed by atoms with Crippen LogP contribution in [0.15, 0.2) is 21.9 Å². The summed E-state index contributed by atoms with van der Waals surface area (Å²) in [6.45, 7) is -5.08. The number of methoxy groups -OCH3 is 2. The molecule has 0 radical (unpaired) electrons. The molecule has 0 aliphatic carbocycles. The minimum Gasteiger partial charge on any atom is -0.432 e. The molecule has 0 unspecified atom stereocenters. The Morgan fingerprint density at radius 3 is 1.98 bits per heavy atom. The molecule has 242 valence electrons. The summed E-state index contributed by atoms with van der Waals surface area (Å²) in [4.78, 5) is 48.6. The van der Waals surface area contributed by atoms with Crippen molar-refractivity contribution in [3.63, 3.8) is 0 Å². The van der Waals surface area contributed by atoms with Gasteiger partial charge in [0.1, 0.15) is 25.5 Å². The highest BCUT2D eigenvalue weighted by molar-refractivity contribution is 7.48. The van der Waals surface area contributed by atoms with E-state index < -0.39 is 82.8 Å². The minimum atomic E-state index is -4.94. The fourth-order valence-corrected chi connectivity index (χ4v) is 3.58. The number of rotatable bonds is 21. The fraction of sp³-hybridized carbons (Fsp3) is 0.714. The molecule has 3 N–H and O–H groups in total. The Bertz CT molecular complexity index is 1080. The number of aliphatic hydroxyl groups is 2. The molecule has 0 fully saturated rings. The van der Waals surface area contributed by atoms with E-state index in [9.17, 15) is 38.3 Å². The molecule has 0 spiro atoms. The smallest absolute Gasteiger partial charge is 0.432 e. The zero-order valence-electron chi connectivity index (χ0n) is 23.0. The molecule has 42 heavy (non-hydrogen) atoms. The minimum absolute atomic E-state index is 0.0448. The molecule has 1 aromatic rings. The van der Waals surface area contributed by atoms with Gasteiger partial charge < -0.3 is 43.4 Å². The molecule has 1 heterocycles. The number of aromatic nitrogens is 2. The monoisotopic (exact) mass is 636 g/mol. The molecular weight excluding hydrogens is 602 g/mol. The molecule has 21 heteroatoms. The molecule has 1 aromatic heterocycles. The number of aromatic amines is 1.